The average molecular weight is 431 g/mol. The van der Waals surface area contributed by atoms with Crippen LogP contribution in [0.25, 0.3) is 5.52 Å². The molecule has 8 heteroatoms. The number of aliphatic hydroxyl groups is 1. The molecule has 1 saturated heterocycles. The predicted molar refractivity (Wildman–Crippen MR) is 121 cm³/mol. The molecule has 3 heterocycles. The van der Waals surface area contributed by atoms with E-state index in [1.165, 1.54) is 0 Å². The number of hydrazine groups is 3. The second kappa shape index (κ2) is 8.34. The third kappa shape index (κ3) is 3.26. The fourth-order valence-corrected chi connectivity index (χ4v) is 4.38. The quantitative estimate of drug-likeness (QED) is 0.320. The van der Waals surface area contributed by atoms with Gasteiger partial charge in [-0.3, -0.25) is 0 Å². The topological polar surface area (TPSA) is 94.9 Å². The maximum atomic E-state index is 12.3. The Morgan fingerprint density at radius 2 is 1.59 bits per heavy atom. The van der Waals surface area contributed by atoms with Crippen LogP contribution in [0, 0.1) is 0 Å². The van der Waals surface area contributed by atoms with Crippen molar-refractivity contribution in [3.63, 3.8) is 0 Å². The summed E-state index contributed by atoms with van der Waals surface area (Å²) in [5.41, 5.74) is 15.5. The van der Waals surface area contributed by atoms with Crippen molar-refractivity contribution in [3.8, 4) is 5.75 Å². The Morgan fingerprint density at radius 3 is 2.12 bits per heavy atom. The fraction of sp³-hybridized carbons (Fsp3) is 0.208. The predicted octanol–water partition coefficient (Wildman–Crippen LogP) is 2.31. The van der Waals surface area contributed by atoms with Crippen LogP contribution in [0.3, 0.4) is 0 Å². The van der Waals surface area contributed by atoms with Crippen LogP contribution < -0.4 is 26.7 Å². The third-order valence-corrected chi connectivity index (χ3v) is 5.97. The van der Waals surface area contributed by atoms with Gasteiger partial charge >= 0.3 is 0 Å². The molecule has 0 amide bonds. The largest absolute Gasteiger partial charge is 0.495 e. The van der Waals surface area contributed by atoms with E-state index >= 15 is 0 Å². The van der Waals surface area contributed by atoms with E-state index < -0.39 is 5.60 Å². The molecule has 0 atom stereocenters. The number of hydrogen-bond donors (Lipinski definition) is 5. The molecule has 1 aliphatic heterocycles. The lowest BCUT2D eigenvalue weighted by Gasteiger charge is -2.28. The van der Waals surface area contributed by atoms with Crippen molar-refractivity contribution < 1.29 is 9.84 Å². The fourth-order valence-electron chi connectivity index (χ4n) is 4.38. The minimum Gasteiger partial charge on any atom is -0.495 e. The highest BCUT2D eigenvalue weighted by molar-refractivity contribution is 5.64. The molecule has 0 bridgehead atoms. The Morgan fingerprint density at radius 1 is 1.00 bits per heavy atom. The summed E-state index contributed by atoms with van der Waals surface area (Å²) in [5.74, 6) is 0.674. The molecule has 1 fully saturated rings. The first kappa shape index (κ1) is 20.6. The zero-order valence-electron chi connectivity index (χ0n) is 18.0. The molecule has 4 aromatic rings. The summed E-state index contributed by atoms with van der Waals surface area (Å²) in [4.78, 5) is 0. The number of aromatic nitrogens is 2. The Hall–Kier alpha value is -3.27. The van der Waals surface area contributed by atoms with E-state index in [0.29, 0.717) is 17.9 Å². The first-order valence-electron chi connectivity index (χ1n) is 10.6. The van der Waals surface area contributed by atoms with Crippen molar-refractivity contribution in [2.75, 3.05) is 7.11 Å². The van der Waals surface area contributed by atoms with Crippen LogP contribution in [0.5, 0.6) is 5.75 Å². The number of methoxy groups -OCH3 is 1. The molecular weight excluding hydrogens is 404 g/mol. The Balaban J connectivity index is 1.78. The number of nitrogens with one attached hydrogen (secondary N) is 4. The highest BCUT2D eigenvalue weighted by Gasteiger charge is 2.39. The van der Waals surface area contributed by atoms with E-state index in [-0.39, 0.29) is 6.17 Å². The van der Waals surface area contributed by atoms with Gasteiger partial charge in [-0.05, 0) is 23.6 Å². The van der Waals surface area contributed by atoms with Gasteiger partial charge in [0.2, 0.25) is 0 Å². The lowest BCUT2D eigenvalue weighted by atomic mass is 9.81. The van der Waals surface area contributed by atoms with Gasteiger partial charge in [-0.15, -0.1) is 0 Å². The molecule has 5 rings (SSSR count). The number of fused-ring (bicyclic) bond motifs is 1. The van der Waals surface area contributed by atoms with Crippen LogP contribution in [0.2, 0.25) is 0 Å². The summed E-state index contributed by atoms with van der Waals surface area (Å²) >= 11 is 0. The van der Waals surface area contributed by atoms with Crippen molar-refractivity contribution in [1.29, 1.82) is 0 Å². The molecule has 0 spiro atoms. The first-order valence-corrected chi connectivity index (χ1v) is 10.6. The Kier molecular flexibility index (Phi) is 5.38. The minimum absolute atomic E-state index is 0.194. The summed E-state index contributed by atoms with van der Waals surface area (Å²) in [6.45, 7) is 2.08. The van der Waals surface area contributed by atoms with E-state index in [1.807, 2.05) is 72.9 Å². The maximum absolute atomic E-state index is 12.3. The highest BCUT2D eigenvalue weighted by Crippen LogP contribution is 2.40. The second-order valence-corrected chi connectivity index (χ2v) is 7.72. The Bertz CT molecular complexity index is 1180. The third-order valence-electron chi connectivity index (χ3n) is 5.97. The van der Waals surface area contributed by atoms with Crippen molar-refractivity contribution in [3.05, 3.63) is 101 Å². The first-order chi connectivity index (χ1) is 15.7. The van der Waals surface area contributed by atoms with E-state index in [9.17, 15) is 5.11 Å². The molecule has 0 radical (unpaired) electrons. The number of aryl methyl sites for hydroxylation is 1. The molecule has 32 heavy (non-hydrogen) atoms. The highest BCUT2D eigenvalue weighted by atomic mass is 16.5. The van der Waals surface area contributed by atoms with Crippen LogP contribution in [0.1, 0.15) is 41.0 Å². The van der Waals surface area contributed by atoms with E-state index in [2.05, 4.69) is 28.8 Å². The number of hydrogen-bond acceptors (Lipinski definition) is 7. The molecular formula is C24H26N6O2. The van der Waals surface area contributed by atoms with Crippen LogP contribution in [-0.4, -0.2) is 21.8 Å². The normalized spacial score (nSPS) is 14.8. The molecule has 5 N–H and O–H groups in total. The van der Waals surface area contributed by atoms with Gasteiger partial charge in [-0.1, -0.05) is 67.6 Å². The Labute approximate surface area is 186 Å². The number of nitrogens with zero attached hydrogens (tertiary/aromatic N) is 2. The SMILES string of the molecule is CCc1c(C(O)(c2ccccc2)c2ccccc2)nn2cc(OC)c(C3NNNN3)cc12. The van der Waals surface area contributed by atoms with Crippen molar-refractivity contribution in [2.24, 2.45) is 0 Å². The molecule has 0 unspecified atom stereocenters. The van der Waals surface area contributed by atoms with Gasteiger partial charge in [0, 0.05) is 11.1 Å². The van der Waals surface area contributed by atoms with Crippen LogP contribution >= 0.6 is 0 Å². The average Bonchev–Trinajstić information content (AvgIpc) is 3.51. The molecule has 2 aromatic heterocycles. The van der Waals surface area contributed by atoms with E-state index in [4.69, 9.17) is 9.84 Å². The molecule has 1 aliphatic rings. The van der Waals surface area contributed by atoms with Gasteiger partial charge in [-0.25, -0.2) is 15.4 Å². The van der Waals surface area contributed by atoms with Crippen LogP contribution in [0.15, 0.2) is 72.9 Å². The van der Waals surface area contributed by atoms with Crippen molar-refractivity contribution in [1.82, 2.24) is 31.5 Å². The molecule has 0 aliphatic carbocycles. The van der Waals surface area contributed by atoms with Gasteiger partial charge in [0.05, 0.1) is 18.8 Å². The number of ether oxygens (including phenoxy) is 1. The number of benzene rings is 2. The minimum atomic E-state index is -1.40. The van der Waals surface area contributed by atoms with Gasteiger partial charge in [0.15, 0.2) is 5.60 Å². The van der Waals surface area contributed by atoms with Crippen LogP contribution in [-0.2, 0) is 12.0 Å². The lowest BCUT2D eigenvalue weighted by molar-refractivity contribution is 0.119. The second-order valence-electron chi connectivity index (χ2n) is 7.72. The van der Waals surface area contributed by atoms with Gasteiger partial charge in [0.25, 0.3) is 0 Å². The molecule has 0 saturated carbocycles. The molecule has 8 nitrogen and oxygen atoms in total. The smallest absolute Gasteiger partial charge is 0.159 e. The number of rotatable bonds is 6. The van der Waals surface area contributed by atoms with Gasteiger partial charge < -0.3 is 9.84 Å². The summed E-state index contributed by atoms with van der Waals surface area (Å²) in [7, 11) is 1.63. The number of pyridine rings is 1. The summed E-state index contributed by atoms with van der Waals surface area (Å²) in [6, 6.07) is 21.4. The van der Waals surface area contributed by atoms with E-state index in [0.717, 1.165) is 27.8 Å². The maximum Gasteiger partial charge on any atom is 0.159 e. The van der Waals surface area contributed by atoms with Crippen molar-refractivity contribution >= 4 is 5.52 Å². The lowest BCUT2D eigenvalue weighted by Crippen LogP contribution is -2.33. The zero-order valence-corrected chi connectivity index (χ0v) is 18.0. The van der Waals surface area contributed by atoms with Gasteiger partial charge in [0.1, 0.15) is 17.6 Å². The zero-order chi connectivity index (χ0) is 22.1. The molecule has 2 aromatic carbocycles. The van der Waals surface area contributed by atoms with Crippen molar-refractivity contribution in [2.45, 2.75) is 25.1 Å². The molecule has 164 valence electrons. The van der Waals surface area contributed by atoms with Crippen LogP contribution in [0.4, 0.5) is 0 Å². The van der Waals surface area contributed by atoms with E-state index in [1.54, 1.807) is 11.6 Å². The summed E-state index contributed by atoms with van der Waals surface area (Å²) in [5, 5.41) is 17.2. The monoisotopic (exact) mass is 430 g/mol. The summed E-state index contributed by atoms with van der Waals surface area (Å²) in [6.07, 6.45) is 2.36. The van der Waals surface area contributed by atoms with Gasteiger partial charge in [-0.2, -0.15) is 16.2 Å². The summed E-state index contributed by atoms with van der Waals surface area (Å²) < 4.78 is 7.44. The standard InChI is InChI=1S/C24H26N6O2/c1-3-18-20-14-19(23-25-28-29-26-23)21(32-2)15-30(20)27-22(18)24(31,16-10-6-4-7-11-16)17-12-8-5-9-13-17/h4-15,23,25-26,28-29,31H,3H2,1-2H3.